The van der Waals surface area contributed by atoms with Crippen molar-refractivity contribution < 1.29 is 9.50 Å². The molecular formula is C15H13BrClFO. The van der Waals surface area contributed by atoms with Crippen LogP contribution in [0.5, 0.6) is 0 Å². The van der Waals surface area contributed by atoms with Gasteiger partial charge in [-0.25, -0.2) is 4.39 Å². The number of benzene rings is 2. The highest BCUT2D eigenvalue weighted by Gasteiger charge is 2.15. The topological polar surface area (TPSA) is 20.2 Å². The number of hydrogen-bond acceptors (Lipinski definition) is 1. The maximum Gasteiger partial charge on any atom is 0.127 e. The van der Waals surface area contributed by atoms with Gasteiger partial charge in [0.05, 0.1) is 6.10 Å². The molecule has 0 heterocycles. The quantitative estimate of drug-likeness (QED) is 0.846. The van der Waals surface area contributed by atoms with E-state index < -0.39 is 6.10 Å². The molecule has 0 aromatic heterocycles. The molecule has 0 spiro atoms. The van der Waals surface area contributed by atoms with E-state index in [-0.39, 0.29) is 12.2 Å². The zero-order chi connectivity index (χ0) is 14.0. The summed E-state index contributed by atoms with van der Waals surface area (Å²) in [6.45, 7) is 1.85. The van der Waals surface area contributed by atoms with Crippen LogP contribution in [0.3, 0.4) is 0 Å². The fourth-order valence-corrected chi connectivity index (χ4v) is 2.51. The minimum atomic E-state index is -0.769. The first-order valence-corrected chi connectivity index (χ1v) is 7.03. The largest absolute Gasteiger partial charge is 0.388 e. The van der Waals surface area contributed by atoms with E-state index >= 15 is 0 Å². The summed E-state index contributed by atoms with van der Waals surface area (Å²) in [5, 5.41) is 10.8. The van der Waals surface area contributed by atoms with Gasteiger partial charge in [-0.2, -0.15) is 0 Å². The third-order valence-corrected chi connectivity index (χ3v) is 4.00. The summed E-state index contributed by atoms with van der Waals surface area (Å²) in [5.41, 5.74) is 2.04. The highest BCUT2D eigenvalue weighted by molar-refractivity contribution is 9.10. The van der Waals surface area contributed by atoms with Gasteiger partial charge in [0, 0.05) is 15.9 Å². The highest BCUT2D eigenvalue weighted by atomic mass is 79.9. The van der Waals surface area contributed by atoms with Crippen LogP contribution in [0, 0.1) is 12.7 Å². The number of hydrogen-bond donors (Lipinski definition) is 1. The normalized spacial score (nSPS) is 12.5. The van der Waals surface area contributed by atoms with Gasteiger partial charge >= 0.3 is 0 Å². The molecule has 0 aliphatic heterocycles. The van der Waals surface area contributed by atoms with Crippen LogP contribution in [-0.2, 0) is 6.42 Å². The summed E-state index contributed by atoms with van der Waals surface area (Å²) in [4.78, 5) is 0. The molecule has 0 saturated heterocycles. The summed E-state index contributed by atoms with van der Waals surface area (Å²) in [6, 6.07) is 10.2. The van der Waals surface area contributed by atoms with Crippen LogP contribution in [0.2, 0.25) is 5.02 Å². The minimum absolute atomic E-state index is 0.223. The monoisotopic (exact) mass is 342 g/mol. The number of halogens is 3. The van der Waals surface area contributed by atoms with E-state index in [9.17, 15) is 9.50 Å². The van der Waals surface area contributed by atoms with Gasteiger partial charge in [0.25, 0.3) is 0 Å². The van der Waals surface area contributed by atoms with Gasteiger partial charge < -0.3 is 5.11 Å². The third kappa shape index (κ3) is 3.35. The van der Waals surface area contributed by atoms with E-state index in [0.29, 0.717) is 15.1 Å². The van der Waals surface area contributed by atoms with Gasteiger partial charge in [0.15, 0.2) is 0 Å². The number of aliphatic hydroxyl groups excluding tert-OH is 1. The van der Waals surface area contributed by atoms with Gasteiger partial charge in [-0.15, -0.1) is 0 Å². The maximum atomic E-state index is 13.7. The van der Waals surface area contributed by atoms with Crippen molar-refractivity contribution in [3.05, 3.63) is 68.4 Å². The van der Waals surface area contributed by atoms with E-state index in [1.54, 1.807) is 24.3 Å². The second-order valence-electron chi connectivity index (χ2n) is 4.41. The van der Waals surface area contributed by atoms with Crippen molar-refractivity contribution in [1.29, 1.82) is 0 Å². The summed E-state index contributed by atoms with van der Waals surface area (Å²) in [6.07, 6.45) is -0.547. The lowest BCUT2D eigenvalue weighted by Crippen LogP contribution is -2.05. The molecule has 2 rings (SSSR count). The van der Waals surface area contributed by atoms with Crippen molar-refractivity contribution >= 4 is 27.5 Å². The van der Waals surface area contributed by atoms with E-state index in [1.165, 1.54) is 6.07 Å². The molecule has 1 atom stereocenters. The molecule has 19 heavy (non-hydrogen) atoms. The lowest BCUT2D eigenvalue weighted by atomic mass is 9.97. The molecule has 1 unspecified atom stereocenters. The Kier molecular flexibility index (Phi) is 4.61. The SMILES string of the molecule is Cc1c(Cl)cccc1C(O)Cc1ccc(Br)cc1F. The van der Waals surface area contributed by atoms with Crippen LogP contribution >= 0.6 is 27.5 Å². The van der Waals surface area contributed by atoms with Crippen molar-refractivity contribution in [2.45, 2.75) is 19.4 Å². The Morgan fingerprint density at radius 1 is 1.32 bits per heavy atom. The highest BCUT2D eigenvalue weighted by Crippen LogP contribution is 2.27. The first-order chi connectivity index (χ1) is 8.99. The molecule has 0 aliphatic carbocycles. The van der Waals surface area contributed by atoms with Crippen LogP contribution in [-0.4, -0.2) is 5.11 Å². The van der Waals surface area contributed by atoms with Crippen molar-refractivity contribution in [3.8, 4) is 0 Å². The fraction of sp³-hybridized carbons (Fsp3) is 0.200. The molecule has 2 aromatic carbocycles. The van der Waals surface area contributed by atoms with Gasteiger partial charge in [-0.1, -0.05) is 45.7 Å². The molecular weight excluding hydrogens is 331 g/mol. The zero-order valence-corrected chi connectivity index (χ0v) is 12.7. The molecule has 0 bridgehead atoms. The Morgan fingerprint density at radius 3 is 2.74 bits per heavy atom. The van der Waals surface area contributed by atoms with Crippen LogP contribution in [0.1, 0.15) is 22.8 Å². The number of rotatable bonds is 3. The van der Waals surface area contributed by atoms with Crippen molar-refractivity contribution in [2.75, 3.05) is 0 Å². The van der Waals surface area contributed by atoms with Crippen LogP contribution in [0.4, 0.5) is 4.39 Å². The minimum Gasteiger partial charge on any atom is -0.388 e. The lowest BCUT2D eigenvalue weighted by Gasteiger charge is -2.15. The Labute approximate surface area is 125 Å². The van der Waals surface area contributed by atoms with Crippen LogP contribution in [0.15, 0.2) is 40.9 Å². The summed E-state index contributed by atoms with van der Waals surface area (Å²) < 4.78 is 14.4. The van der Waals surface area contributed by atoms with E-state index in [4.69, 9.17) is 11.6 Å². The summed E-state index contributed by atoms with van der Waals surface area (Å²) in [7, 11) is 0. The Balaban J connectivity index is 2.25. The molecule has 0 fully saturated rings. The molecule has 2 aromatic rings. The average molecular weight is 344 g/mol. The maximum absolute atomic E-state index is 13.7. The van der Waals surface area contributed by atoms with Crippen LogP contribution < -0.4 is 0 Å². The molecule has 0 radical (unpaired) electrons. The molecule has 1 nitrogen and oxygen atoms in total. The van der Waals surface area contributed by atoms with Crippen molar-refractivity contribution in [1.82, 2.24) is 0 Å². The van der Waals surface area contributed by atoms with E-state index in [1.807, 2.05) is 13.0 Å². The Hall–Kier alpha value is -0.900. The lowest BCUT2D eigenvalue weighted by molar-refractivity contribution is 0.176. The molecule has 0 aliphatic rings. The first kappa shape index (κ1) is 14.5. The zero-order valence-electron chi connectivity index (χ0n) is 10.3. The van der Waals surface area contributed by atoms with Gasteiger partial charge in [0.1, 0.15) is 5.82 Å². The second kappa shape index (κ2) is 6.04. The number of aliphatic hydroxyl groups is 1. The Bertz CT molecular complexity index is 601. The molecule has 0 amide bonds. The summed E-state index contributed by atoms with van der Waals surface area (Å²) >= 11 is 9.23. The second-order valence-corrected chi connectivity index (χ2v) is 5.73. The predicted molar refractivity (Wildman–Crippen MR) is 79.0 cm³/mol. The Morgan fingerprint density at radius 2 is 2.05 bits per heavy atom. The van der Waals surface area contributed by atoms with Crippen molar-refractivity contribution in [2.24, 2.45) is 0 Å². The van der Waals surface area contributed by atoms with E-state index in [2.05, 4.69) is 15.9 Å². The third-order valence-electron chi connectivity index (χ3n) is 3.10. The van der Waals surface area contributed by atoms with E-state index in [0.717, 1.165) is 11.1 Å². The van der Waals surface area contributed by atoms with Crippen LogP contribution in [0.25, 0.3) is 0 Å². The van der Waals surface area contributed by atoms with Gasteiger partial charge in [-0.3, -0.25) is 0 Å². The molecule has 100 valence electrons. The molecule has 0 saturated carbocycles. The standard InChI is InChI=1S/C15H13BrClFO/c1-9-12(3-2-4-13(9)17)15(19)7-10-5-6-11(16)8-14(10)18/h2-6,8,15,19H,7H2,1H3. The summed E-state index contributed by atoms with van der Waals surface area (Å²) in [5.74, 6) is -0.326. The first-order valence-electron chi connectivity index (χ1n) is 5.86. The smallest absolute Gasteiger partial charge is 0.127 e. The molecule has 4 heteroatoms. The van der Waals surface area contributed by atoms with Crippen molar-refractivity contribution in [3.63, 3.8) is 0 Å². The van der Waals surface area contributed by atoms with Gasteiger partial charge in [-0.05, 0) is 41.8 Å². The molecule has 1 N–H and O–H groups in total. The predicted octanol–water partition coefficient (Wildman–Crippen LogP) is 4.83. The van der Waals surface area contributed by atoms with Gasteiger partial charge in [0.2, 0.25) is 0 Å². The average Bonchev–Trinajstić information content (AvgIpc) is 2.36. The fourth-order valence-electron chi connectivity index (χ4n) is 1.99.